The molecular formula is C23H23N5O. The van der Waals surface area contributed by atoms with Gasteiger partial charge in [-0.25, -0.2) is 4.98 Å². The molecule has 0 atom stereocenters. The molecule has 4 rings (SSSR count). The standard InChI is InChI=1S/C23H23N5O/c1-15(2)28-14-24-27-23(28)21-6-4-5-18(25-21)13-22(29)20-12-11-19(26-20)17-9-7-16(3)8-10-17/h4-12,14-15,26H,13H2,1-3H3. The monoisotopic (exact) mass is 385 g/mol. The maximum absolute atomic E-state index is 12.8. The van der Waals surface area contributed by atoms with E-state index in [4.69, 9.17) is 0 Å². The van der Waals surface area contributed by atoms with Gasteiger partial charge in [-0.1, -0.05) is 35.9 Å². The van der Waals surface area contributed by atoms with Gasteiger partial charge in [0.25, 0.3) is 0 Å². The van der Waals surface area contributed by atoms with Crippen molar-refractivity contribution in [1.29, 1.82) is 0 Å². The van der Waals surface area contributed by atoms with E-state index < -0.39 is 0 Å². The van der Waals surface area contributed by atoms with Gasteiger partial charge in [-0.2, -0.15) is 0 Å². The average Bonchev–Trinajstić information content (AvgIpc) is 3.39. The summed E-state index contributed by atoms with van der Waals surface area (Å²) in [5.41, 5.74) is 5.20. The number of ketones is 1. The number of aromatic nitrogens is 5. The number of hydrogen-bond acceptors (Lipinski definition) is 4. The molecule has 29 heavy (non-hydrogen) atoms. The number of nitrogens with zero attached hydrogens (tertiary/aromatic N) is 4. The Labute approximate surface area is 169 Å². The normalized spacial score (nSPS) is 11.2. The van der Waals surface area contributed by atoms with Gasteiger partial charge in [0.1, 0.15) is 12.0 Å². The second-order valence-corrected chi connectivity index (χ2v) is 7.42. The Bertz CT molecular complexity index is 1140. The van der Waals surface area contributed by atoms with Crippen molar-refractivity contribution in [1.82, 2.24) is 24.7 Å². The van der Waals surface area contributed by atoms with Crippen LogP contribution in [0, 0.1) is 6.92 Å². The van der Waals surface area contributed by atoms with Crippen molar-refractivity contribution in [3.63, 3.8) is 0 Å². The third kappa shape index (κ3) is 4.01. The van der Waals surface area contributed by atoms with Gasteiger partial charge < -0.3 is 9.55 Å². The molecular weight excluding hydrogens is 362 g/mol. The van der Waals surface area contributed by atoms with Gasteiger partial charge in [-0.3, -0.25) is 4.79 Å². The molecule has 0 amide bonds. The minimum Gasteiger partial charge on any atom is -0.352 e. The van der Waals surface area contributed by atoms with E-state index in [1.807, 2.05) is 47.0 Å². The lowest BCUT2D eigenvalue weighted by atomic mass is 10.1. The Morgan fingerprint density at radius 3 is 2.62 bits per heavy atom. The number of benzene rings is 1. The molecule has 4 aromatic rings. The predicted octanol–water partition coefficient (Wildman–Crippen LogP) is 4.65. The first-order chi connectivity index (χ1) is 14.0. The van der Waals surface area contributed by atoms with Crippen molar-refractivity contribution in [2.45, 2.75) is 33.2 Å². The zero-order chi connectivity index (χ0) is 20.4. The molecule has 0 aliphatic carbocycles. The van der Waals surface area contributed by atoms with Crippen LogP contribution in [0.3, 0.4) is 0 Å². The lowest BCUT2D eigenvalue weighted by molar-refractivity contribution is 0.0988. The van der Waals surface area contributed by atoms with E-state index in [2.05, 4.69) is 53.1 Å². The highest BCUT2D eigenvalue weighted by Crippen LogP contribution is 2.21. The molecule has 146 valence electrons. The van der Waals surface area contributed by atoms with E-state index in [1.54, 1.807) is 6.33 Å². The molecule has 0 saturated carbocycles. The molecule has 0 bridgehead atoms. The fraction of sp³-hybridized carbons (Fsp3) is 0.217. The highest BCUT2D eigenvalue weighted by Gasteiger charge is 2.14. The van der Waals surface area contributed by atoms with E-state index in [9.17, 15) is 4.79 Å². The molecule has 0 spiro atoms. The summed E-state index contributed by atoms with van der Waals surface area (Å²) in [7, 11) is 0. The second-order valence-electron chi connectivity index (χ2n) is 7.42. The van der Waals surface area contributed by atoms with Crippen LogP contribution in [0.25, 0.3) is 22.8 Å². The van der Waals surface area contributed by atoms with Gasteiger partial charge in [0.15, 0.2) is 11.6 Å². The summed E-state index contributed by atoms with van der Waals surface area (Å²) in [6, 6.07) is 17.9. The number of aryl methyl sites for hydroxylation is 1. The fourth-order valence-electron chi connectivity index (χ4n) is 3.23. The largest absolute Gasteiger partial charge is 0.352 e. The molecule has 6 nitrogen and oxygen atoms in total. The first-order valence-electron chi connectivity index (χ1n) is 9.66. The number of Topliss-reactive ketones (excluding diaryl/α,β-unsaturated/α-hetero) is 1. The molecule has 6 heteroatoms. The molecule has 0 aliphatic heterocycles. The Morgan fingerprint density at radius 2 is 1.86 bits per heavy atom. The van der Waals surface area contributed by atoms with Crippen LogP contribution < -0.4 is 0 Å². The Balaban J connectivity index is 1.53. The van der Waals surface area contributed by atoms with Crippen LogP contribution in [-0.2, 0) is 6.42 Å². The molecule has 3 aromatic heterocycles. The number of aromatic amines is 1. The smallest absolute Gasteiger partial charge is 0.184 e. The number of H-pyrrole nitrogens is 1. The van der Waals surface area contributed by atoms with Crippen molar-refractivity contribution in [3.05, 3.63) is 77.9 Å². The highest BCUT2D eigenvalue weighted by molar-refractivity contribution is 5.96. The van der Waals surface area contributed by atoms with Gasteiger partial charge >= 0.3 is 0 Å². The average molecular weight is 385 g/mol. The predicted molar refractivity (Wildman–Crippen MR) is 113 cm³/mol. The Hall–Kier alpha value is -3.54. The molecule has 0 aliphatic rings. The lowest BCUT2D eigenvalue weighted by Gasteiger charge is -2.10. The number of rotatable bonds is 6. The maximum atomic E-state index is 12.8. The molecule has 3 heterocycles. The highest BCUT2D eigenvalue weighted by atomic mass is 16.1. The van der Waals surface area contributed by atoms with Crippen LogP contribution in [0.4, 0.5) is 0 Å². The van der Waals surface area contributed by atoms with E-state index in [0.29, 0.717) is 22.9 Å². The molecule has 1 N–H and O–H groups in total. The summed E-state index contributed by atoms with van der Waals surface area (Å²) < 4.78 is 1.97. The summed E-state index contributed by atoms with van der Waals surface area (Å²) in [5.74, 6) is 0.703. The van der Waals surface area contributed by atoms with Crippen molar-refractivity contribution >= 4 is 5.78 Å². The van der Waals surface area contributed by atoms with E-state index in [1.165, 1.54) is 5.56 Å². The maximum Gasteiger partial charge on any atom is 0.184 e. The van der Waals surface area contributed by atoms with Crippen molar-refractivity contribution in [3.8, 4) is 22.8 Å². The first kappa shape index (κ1) is 18.8. The van der Waals surface area contributed by atoms with Gasteiger partial charge in [0.2, 0.25) is 0 Å². The summed E-state index contributed by atoms with van der Waals surface area (Å²) in [6.07, 6.45) is 1.92. The van der Waals surface area contributed by atoms with Crippen molar-refractivity contribution in [2.24, 2.45) is 0 Å². The summed E-state index contributed by atoms with van der Waals surface area (Å²) in [5, 5.41) is 8.18. The first-order valence-corrected chi connectivity index (χ1v) is 9.66. The minimum atomic E-state index is -0.00154. The topological polar surface area (TPSA) is 76.5 Å². The number of carbonyl (C=O) groups excluding carboxylic acids is 1. The zero-order valence-corrected chi connectivity index (χ0v) is 16.8. The van der Waals surface area contributed by atoms with Gasteiger partial charge in [0.05, 0.1) is 12.1 Å². The summed E-state index contributed by atoms with van der Waals surface area (Å²) >= 11 is 0. The summed E-state index contributed by atoms with van der Waals surface area (Å²) in [4.78, 5) is 20.7. The van der Waals surface area contributed by atoms with Gasteiger partial charge in [-0.05, 0) is 50.6 Å². The second kappa shape index (κ2) is 7.83. The molecule has 1 aromatic carbocycles. The Kier molecular flexibility index (Phi) is 5.08. The van der Waals surface area contributed by atoms with Crippen LogP contribution in [0.5, 0.6) is 0 Å². The SMILES string of the molecule is Cc1ccc(-c2ccc(C(=O)Cc3cccc(-c4nncn4C(C)C)n3)[nH]2)cc1. The molecule has 0 saturated heterocycles. The number of nitrogens with one attached hydrogen (secondary N) is 1. The van der Waals surface area contributed by atoms with Crippen LogP contribution in [0.2, 0.25) is 0 Å². The number of hydrogen-bond donors (Lipinski definition) is 1. The van der Waals surface area contributed by atoms with Gasteiger partial charge in [-0.15, -0.1) is 10.2 Å². The minimum absolute atomic E-state index is 0.00154. The molecule has 0 radical (unpaired) electrons. The fourth-order valence-corrected chi connectivity index (χ4v) is 3.23. The van der Waals surface area contributed by atoms with Crippen LogP contribution >= 0.6 is 0 Å². The van der Waals surface area contributed by atoms with Crippen molar-refractivity contribution < 1.29 is 4.79 Å². The number of carbonyl (C=O) groups is 1. The third-order valence-electron chi connectivity index (χ3n) is 4.86. The summed E-state index contributed by atoms with van der Waals surface area (Å²) in [6.45, 7) is 6.19. The Morgan fingerprint density at radius 1 is 1.07 bits per heavy atom. The zero-order valence-electron chi connectivity index (χ0n) is 16.8. The molecule has 0 fully saturated rings. The van der Waals surface area contributed by atoms with E-state index >= 15 is 0 Å². The van der Waals surface area contributed by atoms with Gasteiger partial charge in [0, 0.05) is 17.4 Å². The third-order valence-corrected chi connectivity index (χ3v) is 4.86. The molecule has 0 unspecified atom stereocenters. The van der Waals surface area contributed by atoms with E-state index in [0.717, 1.165) is 11.3 Å². The van der Waals surface area contributed by atoms with Crippen LogP contribution in [-0.4, -0.2) is 30.5 Å². The van der Waals surface area contributed by atoms with Crippen LogP contribution in [0.1, 0.15) is 41.6 Å². The quantitative estimate of drug-likeness (QED) is 0.490. The van der Waals surface area contributed by atoms with Crippen LogP contribution in [0.15, 0.2) is 60.9 Å². The van der Waals surface area contributed by atoms with Crippen molar-refractivity contribution in [2.75, 3.05) is 0 Å². The lowest BCUT2D eigenvalue weighted by Crippen LogP contribution is -2.07. The van der Waals surface area contributed by atoms with E-state index in [-0.39, 0.29) is 18.2 Å². The number of pyridine rings is 1.